The molecule has 2 aromatic rings. The fourth-order valence-corrected chi connectivity index (χ4v) is 4.02. The number of hydrogen-bond donors (Lipinski definition) is 5. The van der Waals surface area contributed by atoms with Gasteiger partial charge in [-0.2, -0.15) is 0 Å². The third kappa shape index (κ3) is 5.11. The van der Waals surface area contributed by atoms with Gasteiger partial charge in [0.2, 0.25) is 0 Å². The summed E-state index contributed by atoms with van der Waals surface area (Å²) in [4.78, 5) is 5.46. The second-order valence-electron chi connectivity index (χ2n) is 7.73. The van der Waals surface area contributed by atoms with Crippen molar-refractivity contribution in [1.82, 2.24) is 9.88 Å². The lowest BCUT2D eigenvalue weighted by Crippen LogP contribution is -2.66. The van der Waals surface area contributed by atoms with Gasteiger partial charge in [0.15, 0.2) is 0 Å². The summed E-state index contributed by atoms with van der Waals surface area (Å²) in [5, 5.41) is 21.6. The highest BCUT2D eigenvalue weighted by Crippen LogP contribution is 2.22. The Labute approximate surface area is 166 Å². The number of aromatic amines is 1. The number of benzene rings is 1. The maximum absolute atomic E-state index is 10.2. The van der Waals surface area contributed by atoms with Gasteiger partial charge in [0.05, 0.1) is 30.9 Å². The van der Waals surface area contributed by atoms with Gasteiger partial charge in [-0.05, 0) is 43.9 Å². The average molecular weight is 391 g/mol. The van der Waals surface area contributed by atoms with Crippen LogP contribution in [-0.4, -0.2) is 77.2 Å². The molecule has 0 amide bonds. The molecule has 7 nitrogen and oxygen atoms in total. The Morgan fingerprint density at radius 1 is 1.18 bits per heavy atom. The van der Waals surface area contributed by atoms with E-state index in [0.717, 1.165) is 37.7 Å². The summed E-state index contributed by atoms with van der Waals surface area (Å²) < 4.78 is 5.85. The molecular weight excluding hydrogens is 356 g/mol. The van der Waals surface area contributed by atoms with Crippen molar-refractivity contribution in [3.63, 3.8) is 0 Å². The van der Waals surface area contributed by atoms with E-state index in [2.05, 4.69) is 22.0 Å². The van der Waals surface area contributed by atoms with Gasteiger partial charge < -0.3 is 31.4 Å². The molecular formula is C21H34N4O3. The first kappa shape index (κ1) is 21.2. The number of H-pyrrole nitrogens is 1. The van der Waals surface area contributed by atoms with Crippen molar-refractivity contribution in [3.05, 3.63) is 36.0 Å². The van der Waals surface area contributed by atoms with E-state index in [-0.39, 0.29) is 6.04 Å². The maximum atomic E-state index is 10.2. The fraction of sp³-hybridized carbons (Fsp3) is 0.619. The number of β-amino-alcohol motifs (C(OH)–C–C–N with tert-alkyl or cyclic N) is 1. The largest absolute Gasteiger partial charge is 0.389 e. The molecule has 2 heterocycles. The number of ether oxygens (including phenoxy) is 1. The van der Waals surface area contributed by atoms with Crippen LogP contribution in [0.25, 0.3) is 10.9 Å². The molecule has 3 rings (SSSR count). The lowest BCUT2D eigenvalue weighted by molar-refractivity contribution is -0.0902. The van der Waals surface area contributed by atoms with Gasteiger partial charge in [0, 0.05) is 36.8 Å². The van der Waals surface area contributed by atoms with Crippen LogP contribution in [0.15, 0.2) is 30.5 Å². The van der Waals surface area contributed by atoms with Crippen molar-refractivity contribution in [2.75, 3.05) is 32.8 Å². The smallest absolute Gasteiger partial charge is 0.0978 e. The number of fused-ring (bicyclic) bond motifs is 1. The number of aliphatic hydroxyl groups excluding tert-OH is 2. The number of likely N-dealkylation sites (tertiary alicyclic amines) is 1. The SMILES string of the molecule is NCCCCCOC[C@@H]1[C@@H](N)[C@H](O)[C@H](O)CN1CCc1c[nH]c2ccccc12. The lowest BCUT2D eigenvalue weighted by Gasteiger charge is -2.44. The second-order valence-corrected chi connectivity index (χ2v) is 7.73. The Balaban J connectivity index is 1.58. The number of hydrogen-bond acceptors (Lipinski definition) is 6. The number of rotatable bonds is 10. The van der Waals surface area contributed by atoms with E-state index in [4.69, 9.17) is 16.2 Å². The number of para-hydroxylation sites is 1. The van der Waals surface area contributed by atoms with Crippen LogP contribution >= 0.6 is 0 Å². The Kier molecular flexibility index (Phi) is 7.84. The molecule has 1 aromatic carbocycles. The summed E-state index contributed by atoms with van der Waals surface area (Å²) in [6.45, 7) is 2.98. The van der Waals surface area contributed by atoms with Gasteiger partial charge >= 0.3 is 0 Å². The van der Waals surface area contributed by atoms with Gasteiger partial charge in [0.1, 0.15) is 0 Å². The van der Waals surface area contributed by atoms with Gasteiger partial charge in [-0.25, -0.2) is 0 Å². The molecule has 156 valence electrons. The molecule has 0 saturated carbocycles. The molecule has 0 radical (unpaired) electrons. The maximum Gasteiger partial charge on any atom is 0.0978 e. The minimum Gasteiger partial charge on any atom is -0.389 e. The first-order chi connectivity index (χ1) is 13.6. The zero-order valence-electron chi connectivity index (χ0n) is 16.5. The van der Waals surface area contributed by atoms with Crippen LogP contribution in [0, 0.1) is 0 Å². The quantitative estimate of drug-likeness (QED) is 0.379. The number of aliphatic hydroxyl groups is 2. The van der Waals surface area contributed by atoms with Crippen molar-refractivity contribution in [1.29, 1.82) is 0 Å². The second kappa shape index (κ2) is 10.3. The van der Waals surface area contributed by atoms with Crippen molar-refractivity contribution in [3.8, 4) is 0 Å². The predicted molar refractivity (Wildman–Crippen MR) is 111 cm³/mol. The van der Waals surface area contributed by atoms with Gasteiger partial charge in [-0.3, -0.25) is 4.90 Å². The third-order valence-electron chi connectivity index (χ3n) is 5.75. The summed E-state index contributed by atoms with van der Waals surface area (Å²) in [7, 11) is 0. The minimum absolute atomic E-state index is 0.113. The van der Waals surface area contributed by atoms with Gasteiger partial charge in [-0.1, -0.05) is 18.2 Å². The highest BCUT2D eigenvalue weighted by molar-refractivity contribution is 5.83. The van der Waals surface area contributed by atoms with E-state index in [1.165, 1.54) is 10.9 Å². The third-order valence-corrected chi connectivity index (χ3v) is 5.75. The molecule has 1 saturated heterocycles. The first-order valence-corrected chi connectivity index (χ1v) is 10.3. The predicted octanol–water partition coefficient (Wildman–Crippen LogP) is 0.589. The highest BCUT2D eigenvalue weighted by Gasteiger charge is 2.40. The Bertz CT molecular complexity index is 722. The van der Waals surface area contributed by atoms with E-state index in [1.54, 1.807) is 0 Å². The Hall–Kier alpha value is -1.48. The zero-order chi connectivity index (χ0) is 19.9. The Morgan fingerprint density at radius 2 is 2.00 bits per heavy atom. The monoisotopic (exact) mass is 390 g/mol. The summed E-state index contributed by atoms with van der Waals surface area (Å²) >= 11 is 0. The molecule has 0 unspecified atom stereocenters. The number of nitrogens with zero attached hydrogens (tertiary/aromatic N) is 1. The molecule has 1 fully saturated rings. The van der Waals surface area contributed by atoms with Crippen molar-refractivity contribution in [2.24, 2.45) is 11.5 Å². The Morgan fingerprint density at radius 3 is 2.82 bits per heavy atom. The highest BCUT2D eigenvalue weighted by atomic mass is 16.5. The lowest BCUT2D eigenvalue weighted by atomic mass is 9.92. The van der Waals surface area contributed by atoms with E-state index < -0.39 is 18.2 Å². The van der Waals surface area contributed by atoms with Crippen LogP contribution in [-0.2, 0) is 11.2 Å². The molecule has 7 N–H and O–H groups in total. The number of piperidine rings is 1. The molecule has 1 aromatic heterocycles. The molecule has 1 aliphatic rings. The van der Waals surface area contributed by atoms with Crippen LogP contribution in [0.4, 0.5) is 0 Å². The van der Waals surface area contributed by atoms with Crippen molar-refractivity contribution >= 4 is 10.9 Å². The molecule has 1 aliphatic heterocycles. The van der Waals surface area contributed by atoms with Crippen molar-refractivity contribution in [2.45, 2.75) is 50.0 Å². The fourth-order valence-electron chi connectivity index (χ4n) is 4.02. The minimum atomic E-state index is -0.921. The van der Waals surface area contributed by atoms with E-state index in [0.29, 0.717) is 26.3 Å². The molecule has 28 heavy (non-hydrogen) atoms. The molecule has 0 bridgehead atoms. The summed E-state index contributed by atoms with van der Waals surface area (Å²) in [5.41, 5.74) is 14.1. The topological polar surface area (TPSA) is 121 Å². The number of unbranched alkanes of at least 4 members (excludes halogenated alkanes) is 2. The standard InChI is InChI=1S/C21H34N4O3/c22-9-4-1-5-11-28-14-18-20(23)21(27)19(26)13-25(18)10-8-15-12-24-17-7-3-2-6-16(15)17/h2-3,6-7,12,18-21,24,26-27H,1,4-5,8-11,13-14,22-23H2/t18-,19-,20-,21-/m1/s1. The van der Waals surface area contributed by atoms with Crippen LogP contribution in [0.3, 0.4) is 0 Å². The molecule has 4 atom stereocenters. The van der Waals surface area contributed by atoms with Crippen LogP contribution in [0.2, 0.25) is 0 Å². The molecule has 0 aliphatic carbocycles. The number of aromatic nitrogens is 1. The first-order valence-electron chi connectivity index (χ1n) is 10.3. The van der Waals surface area contributed by atoms with Crippen molar-refractivity contribution < 1.29 is 14.9 Å². The average Bonchev–Trinajstić information content (AvgIpc) is 3.12. The van der Waals surface area contributed by atoms with Crippen LogP contribution in [0.1, 0.15) is 24.8 Å². The van der Waals surface area contributed by atoms with Crippen LogP contribution in [0.5, 0.6) is 0 Å². The summed E-state index contributed by atoms with van der Waals surface area (Å²) in [6, 6.07) is 7.60. The molecule has 7 heteroatoms. The summed E-state index contributed by atoms with van der Waals surface area (Å²) in [5.74, 6) is 0. The normalized spacial score (nSPS) is 26.1. The zero-order valence-corrected chi connectivity index (χ0v) is 16.5. The van der Waals surface area contributed by atoms with E-state index in [9.17, 15) is 10.2 Å². The number of nitrogens with two attached hydrogens (primary N) is 2. The van der Waals surface area contributed by atoms with Gasteiger partial charge in [-0.15, -0.1) is 0 Å². The van der Waals surface area contributed by atoms with E-state index >= 15 is 0 Å². The number of nitrogens with one attached hydrogen (secondary N) is 1. The van der Waals surface area contributed by atoms with Gasteiger partial charge in [0.25, 0.3) is 0 Å². The van der Waals surface area contributed by atoms with Crippen LogP contribution < -0.4 is 11.5 Å². The van der Waals surface area contributed by atoms with E-state index in [1.807, 2.05) is 18.3 Å². The summed E-state index contributed by atoms with van der Waals surface area (Å²) in [6.07, 6.45) is 4.16. The molecule has 0 spiro atoms.